The molecule has 0 radical (unpaired) electrons. The smallest absolute Gasteiger partial charge is 0.0702 e. The molecule has 0 spiro atoms. The van der Waals surface area contributed by atoms with Gasteiger partial charge in [-0.3, -0.25) is 4.90 Å². The summed E-state index contributed by atoms with van der Waals surface area (Å²) < 4.78 is 5.76. The molecule has 1 aliphatic rings. The van der Waals surface area contributed by atoms with Gasteiger partial charge in [-0.05, 0) is 31.7 Å². The minimum absolute atomic E-state index is 0.498. The molecule has 0 aliphatic carbocycles. The highest BCUT2D eigenvalue weighted by atomic mass is 16.5. The van der Waals surface area contributed by atoms with Crippen LogP contribution >= 0.6 is 0 Å². The van der Waals surface area contributed by atoms with Gasteiger partial charge in [0, 0.05) is 13.1 Å². The lowest BCUT2D eigenvalue weighted by Gasteiger charge is -2.33. The molecular formula is C12H25NO. The molecule has 1 aliphatic heterocycles. The maximum absolute atomic E-state index is 5.76. The van der Waals surface area contributed by atoms with Gasteiger partial charge < -0.3 is 4.74 Å². The van der Waals surface area contributed by atoms with Crippen molar-refractivity contribution < 1.29 is 4.74 Å². The highest BCUT2D eigenvalue weighted by Crippen LogP contribution is 2.14. The molecule has 1 fully saturated rings. The van der Waals surface area contributed by atoms with E-state index in [9.17, 15) is 0 Å². The summed E-state index contributed by atoms with van der Waals surface area (Å²) in [5.41, 5.74) is 0. The molecule has 0 aromatic heterocycles. The number of hydrogen-bond donors (Lipinski definition) is 0. The minimum Gasteiger partial charge on any atom is -0.376 e. The molecule has 1 saturated heterocycles. The first-order valence-electron chi connectivity index (χ1n) is 6.06. The van der Waals surface area contributed by atoms with Gasteiger partial charge in [-0.2, -0.15) is 0 Å². The maximum Gasteiger partial charge on any atom is 0.0702 e. The summed E-state index contributed by atoms with van der Waals surface area (Å²) in [5.74, 6) is 0.806. The SMILES string of the molecule is CCCN1CCO[C@@H](CCC(C)C)C1. The van der Waals surface area contributed by atoms with E-state index in [-0.39, 0.29) is 0 Å². The monoisotopic (exact) mass is 199 g/mol. The summed E-state index contributed by atoms with van der Waals surface area (Å²) in [6, 6.07) is 0. The Labute approximate surface area is 88.6 Å². The Morgan fingerprint density at radius 1 is 1.43 bits per heavy atom. The van der Waals surface area contributed by atoms with Gasteiger partial charge in [0.05, 0.1) is 12.7 Å². The fraction of sp³-hybridized carbons (Fsp3) is 1.00. The highest BCUT2D eigenvalue weighted by molar-refractivity contribution is 4.71. The van der Waals surface area contributed by atoms with Crippen LogP contribution in [0.2, 0.25) is 0 Å². The molecule has 0 bridgehead atoms. The van der Waals surface area contributed by atoms with E-state index in [2.05, 4.69) is 25.7 Å². The van der Waals surface area contributed by atoms with Gasteiger partial charge in [-0.25, -0.2) is 0 Å². The van der Waals surface area contributed by atoms with E-state index in [1.54, 1.807) is 0 Å². The van der Waals surface area contributed by atoms with Crippen LogP contribution in [-0.2, 0) is 4.74 Å². The Balaban J connectivity index is 2.18. The van der Waals surface area contributed by atoms with Crippen molar-refractivity contribution in [3.63, 3.8) is 0 Å². The molecule has 1 heterocycles. The summed E-state index contributed by atoms with van der Waals surface area (Å²) in [4.78, 5) is 2.54. The molecule has 1 atom stereocenters. The molecule has 0 unspecified atom stereocenters. The van der Waals surface area contributed by atoms with Crippen LogP contribution in [0.1, 0.15) is 40.0 Å². The zero-order valence-electron chi connectivity index (χ0n) is 9.96. The zero-order valence-corrected chi connectivity index (χ0v) is 9.96. The van der Waals surface area contributed by atoms with Crippen molar-refractivity contribution in [1.29, 1.82) is 0 Å². The first-order valence-corrected chi connectivity index (χ1v) is 6.06. The first kappa shape index (κ1) is 12.0. The van der Waals surface area contributed by atoms with Crippen LogP contribution in [-0.4, -0.2) is 37.2 Å². The summed E-state index contributed by atoms with van der Waals surface area (Å²) in [6.45, 7) is 11.3. The third-order valence-electron chi connectivity index (χ3n) is 2.83. The van der Waals surface area contributed by atoms with Crippen molar-refractivity contribution in [2.45, 2.75) is 46.1 Å². The average Bonchev–Trinajstić information content (AvgIpc) is 2.16. The average molecular weight is 199 g/mol. The van der Waals surface area contributed by atoms with Crippen LogP contribution in [0.4, 0.5) is 0 Å². The van der Waals surface area contributed by atoms with Crippen molar-refractivity contribution in [3.8, 4) is 0 Å². The minimum atomic E-state index is 0.498. The number of rotatable bonds is 5. The van der Waals surface area contributed by atoms with Gasteiger partial charge in [0.15, 0.2) is 0 Å². The molecule has 14 heavy (non-hydrogen) atoms. The fourth-order valence-corrected chi connectivity index (χ4v) is 1.99. The first-order chi connectivity index (χ1) is 6.72. The van der Waals surface area contributed by atoms with E-state index in [4.69, 9.17) is 4.74 Å². The van der Waals surface area contributed by atoms with Crippen molar-refractivity contribution in [2.75, 3.05) is 26.2 Å². The van der Waals surface area contributed by atoms with Crippen LogP contribution in [0.25, 0.3) is 0 Å². The fourth-order valence-electron chi connectivity index (χ4n) is 1.99. The Morgan fingerprint density at radius 2 is 2.21 bits per heavy atom. The van der Waals surface area contributed by atoms with Gasteiger partial charge >= 0.3 is 0 Å². The van der Waals surface area contributed by atoms with Crippen LogP contribution in [0.5, 0.6) is 0 Å². The second kappa shape index (κ2) is 6.41. The van der Waals surface area contributed by atoms with E-state index >= 15 is 0 Å². The lowest BCUT2D eigenvalue weighted by atomic mass is 10.0. The van der Waals surface area contributed by atoms with Gasteiger partial charge in [-0.15, -0.1) is 0 Å². The van der Waals surface area contributed by atoms with E-state index < -0.39 is 0 Å². The maximum atomic E-state index is 5.76. The summed E-state index contributed by atoms with van der Waals surface area (Å²) >= 11 is 0. The summed E-state index contributed by atoms with van der Waals surface area (Å²) in [5, 5.41) is 0. The van der Waals surface area contributed by atoms with E-state index in [1.165, 1.54) is 25.8 Å². The molecule has 0 amide bonds. The second-order valence-corrected chi connectivity index (χ2v) is 4.76. The van der Waals surface area contributed by atoms with Gasteiger partial charge in [0.2, 0.25) is 0 Å². The van der Waals surface area contributed by atoms with Gasteiger partial charge in [-0.1, -0.05) is 20.8 Å². The quantitative estimate of drug-likeness (QED) is 0.674. The predicted octanol–water partition coefficient (Wildman–Crippen LogP) is 2.53. The van der Waals surface area contributed by atoms with Crippen molar-refractivity contribution in [1.82, 2.24) is 4.90 Å². The zero-order chi connectivity index (χ0) is 10.4. The topological polar surface area (TPSA) is 12.5 Å². The summed E-state index contributed by atoms with van der Waals surface area (Å²) in [6.07, 6.45) is 4.29. The van der Waals surface area contributed by atoms with Crippen LogP contribution < -0.4 is 0 Å². The number of morpholine rings is 1. The van der Waals surface area contributed by atoms with E-state index in [0.29, 0.717) is 6.10 Å². The molecule has 2 heteroatoms. The van der Waals surface area contributed by atoms with Crippen LogP contribution in [0.15, 0.2) is 0 Å². The third-order valence-corrected chi connectivity index (χ3v) is 2.83. The van der Waals surface area contributed by atoms with E-state index in [1.807, 2.05) is 0 Å². The molecule has 1 rings (SSSR count). The van der Waals surface area contributed by atoms with Crippen molar-refractivity contribution in [2.24, 2.45) is 5.92 Å². The standard InChI is InChI=1S/C12H25NO/c1-4-7-13-8-9-14-12(10-13)6-5-11(2)3/h11-12H,4-10H2,1-3H3/t12-/m0/s1. The lowest BCUT2D eigenvalue weighted by molar-refractivity contribution is -0.0338. The van der Waals surface area contributed by atoms with Crippen LogP contribution in [0.3, 0.4) is 0 Å². The Bertz CT molecular complexity index is 145. The van der Waals surface area contributed by atoms with Gasteiger partial charge in [0.25, 0.3) is 0 Å². The van der Waals surface area contributed by atoms with Crippen molar-refractivity contribution >= 4 is 0 Å². The molecule has 0 aromatic rings. The number of nitrogens with zero attached hydrogens (tertiary/aromatic N) is 1. The second-order valence-electron chi connectivity index (χ2n) is 4.76. The van der Waals surface area contributed by atoms with Crippen LogP contribution in [0, 0.1) is 5.92 Å². The summed E-state index contributed by atoms with van der Waals surface area (Å²) in [7, 11) is 0. The van der Waals surface area contributed by atoms with E-state index in [0.717, 1.165) is 25.6 Å². The Hall–Kier alpha value is -0.0800. The normalized spacial score (nSPS) is 24.4. The van der Waals surface area contributed by atoms with Gasteiger partial charge in [0.1, 0.15) is 0 Å². The largest absolute Gasteiger partial charge is 0.376 e. The Kier molecular flexibility index (Phi) is 5.49. The molecule has 0 N–H and O–H groups in total. The Morgan fingerprint density at radius 3 is 2.86 bits per heavy atom. The highest BCUT2D eigenvalue weighted by Gasteiger charge is 2.19. The molecule has 0 aromatic carbocycles. The molecule has 2 nitrogen and oxygen atoms in total. The molecular weight excluding hydrogens is 174 g/mol. The number of hydrogen-bond acceptors (Lipinski definition) is 2. The van der Waals surface area contributed by atoms with Crippen molar-refractivity contribution in [3.05, 3.63) is 0 Å². The number of ether oxygens (including phenoxy) is 1. The lowest BCUT2D eigenvalue weighted by Crippen LogP contribution is -2.42. The third kappa shape index (κ3) is 4.43. The molecule has 0 saturated carbocycles. The predicted molar refractivity (Wildman–Crippen MR) is 60.5 cm³/mol. The molecule has 84 valence electrons.